The van der Waals surface area contributed by atoms with Crippen molar-refractivity contribution in [1.82, 2.24) is 16.2 Å². The van der Waals surface area contributed by atoms with Crippen molar-refractivity contribution in [3.63, 3.8) is 0 Å². The molecule has 0 atom stereocenters. The Morgan fingerprint density at radius 1 is 1.29 bits per heavy atom. The second kappa shape index (κ2) is 8.58. The summed E-state index contributed by atoms with van der Waals surface area (Å²) in [6.07, 6.45) is 0.307. The van der Waals surface area contributed by atoms with Gasteiger partial charge in [0.15, 0.2) is 11.7 Å². The number of carbonyl (C=O) groups excluding carboxylic acids is 2. The van der Waals surface area contributed by atoms with Crippen LogP contribution in [0.3, 0.4) is 0 Å². The number of benzene rings is 1. The monoisotopic (exact) mass is 373 g/mol. The lowest BCUT2D eigenvalue weighted by Gasteiger charge is -2.12. The molecule has 2 amide bonds. The third kappa shape index (κ3) is 6.54. The summed E-state index contributed by atoms with van der Waals surface area (Å²) in [4.78, 5) is 22.6. The van der Waals surface area contributed by atoms with Gasteiger partial charge in [-0.2, -0.15) is 0 Å². The summed E-state index contributed by atoms with van der Waals surface area (Å²) >= 11 is 8.17. The smallest absolute Gasteiger partial charge is 0.276 e. The summed E-state index contributed by atoms with van der Waals surface area (Å²) in [5.41, 5.74) is 5.67. The molecule has 1 aromatic rings. The molecule has 6 nitrogen and oxygen atoms in total. The number of carbonyl (C=O) groups is 2. The third-order valence-electron chi connectivity index (χ3n) is 2.39. The number of ether oxygens (including phenoxy) is 1. The highest BCUT2D eigenvalue weighted by molar-refractivity contribution is 9.10. The van der Waals surface area contributed by atoms with Crippen molar-refractivity contribution in [2.24, 2.45) is 0 Å². The number of hydrogen-bond donors (Lipinski definition) is 3. The van der Waals surface area contributed by atoms with E-state index in [9.17, 15) is 9.59 Å². The number of aryl methyl sites for hydroxylation is 1. The maximum Gasteiger partial charge on any atom is 0.276 e. The summed E-state index contributed by atoms with van der Waals surface area (Å²) < 4.78 is 6.32. The van der Waals surface area contributed by atoms with Crippen molar-refractivity contribution in [2.45, 2.75) is 20.3 Å². The van der Waals surface area contributed by atoms with Gasteiger partial charge in [-0.3, -0.25) is 20.4 Å². The molecule has 8 heteroatoms. The maximum absolute atomic E-state index is 11.6. The zero-order valence-corrected chi connectivity index (χ0v) is 14.1. The summed E-state index contributed by atoms with van der Waals surface area (Å²) in [5, 5.41) is 2.43. The lowest BCUT2D eigenvalue weighted by molar-refractivity contribution is -0.124. The highest BCUT2D eigenvalue weighted by Crippen LogP contribution is 2.21. The van der Waals surface area contributed by atoms with Gasteiger partial charge in [-0.15, -0.1) is 0 Å². The van der Waals surface area contributed by atoms with Crippen LogP contribution in [0.4, 0.5) is 0 Å². The molecule has 0 aliphatic heterocycles. The average Bonchev–Trinajstić information content (AvgIpc) is 2.44. The summed E-state index contributed by atoms with van der Waals surface area (Å²) in [6.45, 7) is 3.41. The largest absolute Gasteiger partial charge is 0.483 e. The summed E-state index contributed by atoms with van der Waals surface area (Å²) in [7, 11) is 0. The van der Waals surface area contributed by atoms with Crippen LogP contribution in [0.2, 0.25) is 0 Å². The minimum absolute atomic E-state index is 0.0371. The number of hydrogen-bond acceptors (Lipinski definition) is 4. The van der Waals surface area contributed by atoms with E-state index >= 15 is 0 Å². The minimum Gasteiger partial charge on any atom is -0.483 e. The van der Waals surface area contributed by atoms with Gasteiger partial charge in [-0.25, -0.2) is 0 Å². The first kappa shape index (κ1) is 17.4. The van der Waals surface area contributed by atoms with Crippen LogP contribution in [0, 0.1) is 6.92 Å². The van der Waals surface area contributed by atoms with E-state index in [2.05, 4.69) is 32.1 Å². The molecule has 114 valence electrons. The molecule has 21 heavy (non-hydrogen) atoms. The minimum atomic E-state index is -0.412. The number of amides is 2. The molecule has 0 saturated carbocycles. The van der Waals surface area contributed by atoms with Crippen LogP contribution in [-0.4, -0.2) is 23.5 Å². The zero-order chi connectivity index (χ0) is 15.8. The lowest BCUT2D eigenvalue weighted by atomic mass is 10.2. The fraction of sp³-hybridized carbons (Fsp3) is 0.308. The van der Waals surface area contributed by atoms with Crippen LogP contribution in [0.5, 0.6) is 5.75 Å². The Kier molecular flexibility index (Phi) is 7.10. The number of thiocarbonyl (C=S) groups is 1. The molecule has 0 unspecified atom stereocenters. The molecule has 0 spiro atoms. The number of nitrogens with one attached hydrogen (secondary N) is 3. The molecule has 1 rings (SSSR count). The van der Waals surface area contributed by atoms with Gasteiger partial charge in [0.05, 0.1) is 0 Å². The van der Waals surface area contributed by atoms with E-state index in [0.29, 0.717) is 12.2 Å². The molecule has 0 bridgehead atoms. The van der Waals surface area contributed by atoms with Gasteiger partial charge in [-0.1, -0.05) is 22.9 Å². The highest BCUT2D eigenvalue weighted by Gasteiger charge is 2.06. The maximum atomic E-state index is 11.6. The first-order valence-corrected chi connectivity index (χ1v) is 7.40. The SMILES string of the molecule is CCC(=O)NC(=S)NNC(=O)COc1ccc(Br)cc1C. The van der Waals surface area contributed by atoms with Gasteiger partial charge in [0.1, 0.15) is 5.75 Å². The van der Waals surface area contributed by atoms with E-state index in [-0.39, 0.29) is 17.6 Å². The molecular formula is C13H16BrN3O3S. The lowest BCUT2D eigenvalue weighted by Crippen LogP contribution is -2.49. The third-order valence-corrected chi connectivity index (χ3v) is 3.08. The van der Waals surface area contributed by atoms with Gasteiger partial charge >= 0.3 is 0 Å². The Bertz CT molecular complexity index is 551. The van der Waals surface area contributed by atoms with Crippen LogP contribution < -0.4 is 20.9 Å². The van der Waals surface area contributed by atoms with Crippen molar-refractivity contribution < 1.29 is 14.3 Å². The summed E-state index contributed by atoms with van der Waals surface area (Å²) in [5.74, 6) is -0.0240. The quantitative estimate of drug-likeness (QED) is 0.551. The van der Waals surface area contributed by atoms with Gasteiger partial charge < -0.3 is 10.1 Å². The van der Waals surface area contributed by atoms with Crippen LogP contribution >= 0.6 is 28.1 Å². The van der Waals surface area contributed by atoms with Crippen molar-refractivity contribution >= 4 is 45.1 Å². The van der Waals surface area contributed by atoms with Crippen LogP contribution in [0.25, 0.3) is 0 Å². The first-order chi connectivity index (χ1) is 9.92. The van der Waals surface area contributed by atoms with E-state index in [0.717, 1.165) is 10.0 Å². The van der Waals surface area contributed by atoms with E-state index in [4.69, 9.17) is 17.0 Å². The van der Waals surface area contributed by atoms with Crippen molar-refractivity contribution in [3.05, 3.63) is 28.2 Å². The van der Waals surface area contributed by atoms with E-state index in [1.54, 1.807) is 13.0 Å². The normalized spacial score (nSPS) is 9.67. The van der Waals surface area contributed by atoms with Gasteiger partial charge in [-0.05, 0) is 42.9 Å². The Balaban J connectivity index is 2.34. The fourth-order valence-corrected chi connectivity index (χ4v) is 1.97. The van der Waals surface area contributed by atoms with Crippen molar-refractivity contribution in [1.29, 1.82) is 0 Å². The van der Waals surface area contributed by atoms with Crippen molar-refractivity contribution in [3.8, 4) is 5.75 Å². The highest BCUT2D eigenvalue weighted by atomic mass is 79.9. The predicted octanol–water partition coefficient (Wildman–Crippen LogP) is 1.57. The molecule has 0 saturated heterocycles. The Labute approximate surface area is 136 Å². The fourth-order valence-electron chi connectivity index (χ4n) is 1.33. The molecule has 3 N–H and O–H groups in total. The number of rotatable bonds is 4. The molecule has 0 aliphatic carbocycles. The summed E-state index contributed by atoms with van der Waals surface area (Å²) in [6, 6.07) is 5.49. The Morgan fingerprint density at radius 2 is 2.00 bits per heavy atom. The van der Waals surface area contributed by atoms with Crippen LogP contribution in [0.1, 0.15) is 18.9 Å². The molecular weight excluding hydrogens is 358 g/mol. The van der Waals surface area contributed by atoms with Crippen molar-refractivity contribution in [2.75, 3.05) is 6.61 Å². The molecule has 0 radical (unpaired) electrons. The van der Waals surface area contributed by atoms with E-state index < -0.39 is 5.91 Å². The average molecular weight is 374 g/mol. The predicted molar refractivity (Wildman–Crippen MR) is 86.7 cm³/mol. The molecule has 0 heterocycles. The molecule has 0 fully saturated rings. The Morgan fingerprint density at radius 3 is 2.62 bits per heavy atom. The Hall–Kier alpha value is -1.67. The standard InChI is InChI=1S/C13H16BrN3O3S/c1-3-11(18)15-13(21)17-16-12(19)7-20-10-5-4-9(14)6-8(10)2/h4-6H,3,7H2,1-2H3,(H,16,19)(H2,15,17,18,21). The zero-order valence-electron chi connectivity index (χ0n) is 11.7. The second-order valence-electron chi connectivity index (χ2n) is 4.10. The number of halogens is 1. The number of hydrazine groups is 1. The van der Waals surface area contributed by atoms with Gasteiger partial charge in [0.2, 0.25) is 5.91 Å². The first-order valence-electron chi connectivity index (χ1n) is 6.20. The molecule has 0 aromatic heterocycles. The molecule has 1 aromatic carbocycles. The van der Waals surface area contributed by atoms with Gasteiger partial charge in [0.25, 0.3) is 5.91 Å². The molecule has 0 aliphatic rings. The van der Waals surface area contributed by atoms with E-state index in [1.807, 2.05) is 19.1 Å². The van der Waals surface area contributed by atoms with E-state index in [1.165, 1.54) is 0 Å². The second-order valence-corrected chi connectivity index (χ2v) is 5.43. The topological polar surface area (TPSA) is 79.5 Å². The van der Waals surface area contributed by atoms with Crippen LogP contribution in [-0.2, 0) is 9.59 Å². The van der Waals surface area contributed by atoms with Gasteiger partial charge in [0, 0.05) is 10.9 Å². The van der Waals surface area contributed by atoms with Crippen LogP contribution in [0.15, 0.2) is 22.7 Å².